The van der Waals surface area contributed by atoms with Crippen LogP contribution >= 0.6 is 0 Å². The van der Waals surface area contributed by atoms with E-state index in [1.807, 2.05) is 0 Å². The van der Waals surface area contributed by atoms with E-state index in [0.29, 0.717) is 38.3 Å². The second kappa shape index (κ2) is 5.14. The van der Waals surface area contributed by atoms with E-state index in [1.165, 1.54) is 0 Å². The summed E-state index contributed by atoms with van der Waals surface area (Å²) < 4.78 is 0. The van der Waals surface area contributed by atoms with Crippen LogP contribution in [0.1, 0.15) is 32.1 Å². The van der Waals surface area contributed by atoms with Gasteiger partial charge in [-0.05, 0) is 38.0 Å². The number of hydrogen-bond donors (Lipinski definition) is 3. The van der Waals surface area contributed by atoms with Gasteiger partial charge in [-0.2, -0.15) is 0 Å². The van der Waals surface area contributed by atoms with Gasteiger partial charge < -0.3 is 20.4 Å². The van der Waals surface area contributed by atoms with Crippen LogP contribution in [0.2, 0.25) is 0 Å². The van der Waals surface area contributed by atoms with Crippen molar-refractivity contribution >= 4 is 12.0 Å². The first-order valence-corrected chi connectivity index (χ1v) is 6.49. The fraction of sp³-hybridized carbons (Fsp3) is 0.833. The molecule has 3 N–H and O–H groups in total. The summed E-state index contributed by atoms with van der Waals surface area (Å²) in [5, 5.41) is 20.6. The molecule has 1 atom stereocenters. The van der Waals surface area contributed by atoms with Crippen molar-refractivity contribution in [2.45, 2.75) is 37.6 Å². The molecule has 1 unspecified atom stereocenters. The van der Waals surface area contributed by atoms with Gasteiger partial charge in [-0.3, -0.25) is 0 Å². The molecule has 0 spiro atoms. The summed E-state index contributed by atoms with van der Waals surface area (Å²) in [7, 11) is 0. The van der Waals surface area contributed by atoms with E-state index >= 15 is 0 Å². The normalized spacial score (nSPS) is 25.6. The summed E-state index contributed by atoms with van der Waals surface area (Å²) in [5.41, 5.74) is -1.01. The molecular formula is C12H20N2O4. The largest absolute Gasteiger partial charge is 0.480 e. The topological polar surface area (TPSA) is 89.9 Å². The molecule has 1 heterocycles. The van der Waals surface area contributed by atoms with Crippen LogP contribution in [0.5, 0.6) is 0 Å². The molecule has 0 radical (unpaired) electrons. The third kappa shape index (κ3) is 2.75. The Morgan fingerprint density at radius 2 is 2.11 bits per heavy atom. The maximum absolute atomic E-state index is 12.0. The van der Waals surface area contributed by atoms with Crippen molar-refractivity contribution in [1.82, 2.24) is 10.2 Å². The average molecular weight is 256 g/mol. The second-order valence-corrected chi connectivity index (χ2v) is 5.28. The van der Waals surface area contributed by atoms with E-state index in [2.05, 4.69) is 5.32 Å². The number of hydrogen-bond acceptors (Lipinski definition) is 3. The average Bonchev–Trinajstić information content (AvgIpc) is 3.11. The first-order valence-electron chi connectivity index (χ1n) is 6.49. The molecule has 2 amide bonds. The fourth-order valence-corrected chi connectivity index (χ4v) is 2.47. The number of urea groups is 1. The number of carboxylic acids is 1. The Hall–Kier alpha value is -1.30. The highest BCUT2D eigenvalue weighted by atomic mass is 16.4. The number of aliphatic carboxylic acids is 1. The monoisotopic (exact) mass is 256 g/mol. The zero-order valence-corrected chi connectivity index (χ0v) is 10.4. The van der Waals surface area contributed by atoms with Crippen LogP contribution in [0.15, 0.2) is 0 Å². The molecule has 1 saturated carbocycles. The Labute approximate surface area is 106 Å². The van der Waals surface area contributed by atoms with Gasteiger partial charge in [-0.25, -0.2) is 9.59 Å². The molecule has 2 aliphatic rings. The highest BCUT2D eigenvalue weighted by molar-refractivity contribution is 5.88. The highest BCUT2D eigenvalue weighted by Gasteiger charge is 2.52. The highest BCUT2D eigenvalue weighted by Crippen LogP contribution is 2.35. The van der Waals surface area contributed by atoms with E-state index in [0.717, 1.165) is 12.8 Å². The molecule has 1 aliphatic carbocycles. The molecule has 2 fully saturated rings. The number of nitrogens with zero attached hydrogens (tertiary/aromatic N) is 1. The first-order chi connectivity index (χ1) is 8.57. The number of amides is 2. The fourth-order valence-electron chi connectivity index (χ4n) is 2.47. The molecule has 1 saturated heterocycles. The van der Waals surface area contributed by atoms with Crippen molar-refractivity contribution in [1.29, 1.82) is 0 Å². The number of aliphatic hydroxyl groups excluding tert-OH is 1. The number of rotatable bonds is 4. The number of aliphatic hydroxyl groups is 1. The standard InChI is InChI=1S/C12H20N2O4/c15-7-3-9-2-1-6-14(8-9)11(18)13-12(4-5-12)10(16)17/h9,15H,1-8H2,(H,13,18)(H,16,17). The predicted molar refractivity (Wildman–Crippen MR) is 64.1 cm³/mol. The molecular weight excluding hydrogens is 236 g/mol. The Morgan fingerprint density at radius 3 is 2.67 bits per heavy atom. The minimum absolute atomic E-state index is 0.138. The number of likely N-dealkylation sites (tertiary alicyclic amines) is 1. The zero-order chi connectivity index (χ0) is 13.2. The van der Waals surface area contributed by atoms with Crippen LogP contribution in [-0.2, 0) is 4.79 Å². The molecule has 6 nitrogen and oxygen atoms in total. The number of piperidine rings is 1. The SMILES string of the molecule is O=C(NC1(C(=O)O)CC1)N1CCCC(CCO)C1. The zero-order valence-electron chi connectivity index (χ0n) is 10.4. The van der Waals surface area contributed by atoms with Crippen molar-refractivity contribution in [3.05, 3.63) is 0 Å². The second-order valence-electron chi connectivity index (χ2n) is 5.28. The third-order valence-corrected chi connectivity index (χ3v) is 3.85. The van der Waals surface area contributed by atoms with Crippen LogP contribution in [-0.4, -0.2) is 52.3 Å². The molecule has 0 aromatic carbocycles. The Balaban J connectivity index is 1.87. The van der Waals surface area contributed by atoms with Gasteiger partial charge in [-0.15, -0.1) is 0 Å². The summed E-state index contributed by atoms with van der Waals surface area (Å²) in [6.07, 6.45) is 3.67. The van der Waals surface area contributed by atoms with Crippen molar-refractivity contribution in [2.24, 2.45) is 5.92 Å². The van der Waals surface area contributed by atoms with Crippen molar-refractivity contribution in [2.75, 3.05) is 19.7 Å². The predicted octanol–water partition coefficient (Wildman–Crippen LogP) is 0.408. The number of carbonyl (C=O) groups excluding carboxylic acids is 1. The summed E-state index contributed by atoms with van der Waals surface area (Å²) in [4.78, 5) is 24.7. The van der Waals surface area contributed by atoms with Gasteiger partial charge in [0.05, 0.1) is 0 Å². The summed E-state index contributed by atoms with van der Waals surface area (Å²) >= 11 is 0. The number of nitrogens with one attached hydrogen (secondary N) is 1. The van der Waals surface area contributed by atoms with Gasteiger partial charge in [0, 0.05) is 19.7 Å². The third-order valence-electron chi connectivity index (χ3n) is 3.85. The molecule has 0 bridgehead atoms. The minimum atomic E-state index is -1.01. The van der Waals surface area contributed by atoms with Crippen molar-refractivity contribution in [3.63, 3.8) is 0 Å². The van der Waals surface area contributed by atoms with E-state index in [9.17, 15) is 9.59 Å². The van der Waals surface area contributed by atoms with E-state index < -0.39 is 11.5 Å². The summed E-state index contributed by atoms with van der Waals surface area (Å²) in [6, 6.07) is -0.280. The minimum Gasteiger partial charge on any atom is -0.480 e. The van der Waals surface area contributed by atoms with Gasteiger partial charge in [-0.1, -0.05) is 0 Å². The van der Waals surface area contributed by atoms with Gasteiger partial charge in [0.15, 0.2) is 0 Å². The van der Waals surface area contributed by atoms with Crippen LogP contribution in [0, 0.1) is 5.92 Å². The van der Waals surface area contributed by atoms with E-state index in [4.69, 9.17) is 10.2 Å². The lowest BCUT2D eigenvalue weighted by atomic mass is 9.95. The van der Waals surface area contributed by atoms with Gasteiger partial charge in [0.1, 0.15) is 5.54 Å². The summed E-state index contributed by atoms with van der Waals surface area (Å²) in [5.74, 6) is -0.616. The molecule has 2 rings (SSSR count). The first kappa shape index (κ1) is 13.1. The molecule has 18 heavy (non-hydrogen) atoms. The maximum Gasteiger partial charge on any atom is 0.329 e. The maximum atomic E-state index is 12.0. The number of carbonyl (C=O) groups is 2. The molecule has 1 aliphatic heterocycles. The lowest BCUT2D eigenvalue weighted by Gasteiger charge is -2.33. The van der Waals surface area contributed by atoms with Gasteiger partial charge in [0.2, 0.25) is 0 Å². The van der Waals surface area contributed by atoms with Crippen LogP contribution in [0.25, 0.3) is 0 Å². The van der Waals surface area contributed by atoms with Crippen LogP contribution in [0.4, 0.5) is 4.79 Å². The van der Waals surface area contributed by atoms with Gasteiger partial charge >= 0.3 is 12.0 Å². The van der Waals surface area contributed by atoms with Crippen molar-refractivity contribution < 1.29 is 19.8 Å². The van der Waals surface area contributed by atoms with E-state index in [1.54, 1.807) is 4.90 Å². The van der Waals surface area contributed by atoms with E-state index in [-0.39, 0.29) is 12.6 Å². The quantitative estimate of drug-likeness (QED) is 0.679. The van der Waals surface area contributed by atoms with Crippen LogP contribution in [0.3, 0.4) is 0 Å². The van der Waals surface area contributed by atoms with Crippen molar-refractivity contribution in [3.8, 4) is 0 Å². The Kier molecular flexibility index (Phi) is 3.75. The molecule has 102 valence electrons. The lowest BCUT2D eigenvalue weighted by molar-refractivity contribution is -0.140. The molecule has 0 aromatic rings. The number of carboxylic acid groups (broad SMARTS) is 1. The molecule has 6 heteroatoms. The lowest BCUT2D eigenvalue weighted by Crippen LogP contribution is -2.52. The Bertz CT molecular complexity index is 339. The summed E-state index contributed by atoms with van der Waals surface area (Å²) in [6.45, 7) is 1.42. The Morgan fingerprint density at radius 1 is 1.39 bits per heavy atom. The smallest absolute Gasteiger partial charge is 0.329 e. The molecule has 0 aromatic heterocycles. The van der Waals surface area contributed by atoms with Gasteiger partial charge in [0.25, 0.3) is 0 Å². The van der Waals surface area contributed by atoms with Crippen LogP contribution < -0.4 is 5.32 Å².